The topological polar surface area (TPSA) is 43.4 Å². The third-order valence-electron chi connectivity index (χ3n) is 4.97. The Kier molecular flexibility index (Phi) is 3.47. The number of benzene rings is 3. The second-order valence-corrected chi connectivity index (χ2v) is 6.62. The fourth-order valence-corrected chi connectivity index (χ4v) is 3.67. The Morgan fingerprint density at radius 3 is 1.96 bits per heavy atom. The van der Waals surface area contributed by atoms with Crippen LogP contribution >= 0.6 is 0 Å². The van der Waals surface area contributed by atoms with Crippen LogP contribution in [0.25, 0.3) is 44.2 Å². The number of hydrogen-bond donors (Lipinski definition) is 0. The van der Waals surface area contributed by atoms with Gasteiger partial charge in [0.2, 0.25) is 0 Å². The van der Waals surface area contributed by atoms with Crippen molar-refractivity contribution in [1.82, 2.24) is 0 Å². The number of rotatable bonds is 2. The third-order valence-corrected chi connectivity index (χ3v) is 4.97. The van der Waals surface area contributed by atoms with Gasteiger partial charge >= 0.3 is 5.63 Å². The van der Waals surface area contributed by atoms with Gasteiger partial charge in [-0.3, -0.25) is 0 Å². The third kappa shape index (κ3) is 2.48. The van der Waals surface area contributed by atoms with Crippen LogP contribution in [0.3, 0.4) is 0 Å². The van der Waals surface area contributed by atoms with Gasteiger partial charge in [-0.05, 0) is 29.7 Å². The van der Waals surface area contributed by atoms with Crippen LogP contribution in [-0.2, 0) is 0 Å². The number of furan rings is 1. The Bertz CT molecular complexity index is 1330. The van der Waals surface area contributed by atoms with E-state index in [1.165, 1.54) is 0 Å². The minimum absolute atomic E-state index is 0.362. The zero-order valence-corrected chi connectivity index (χ0v) is 14.7. The van der Waals surface area contributed by atoms with E-state index in [1.54, 1.807) is 12.3 Å². The summed E-state index contributed by atoms with van der Waals surface area (Å²) in [5.41, 5.74) is 5.76. The predicted molar refractivity (Wildman–Crippen MR) is 108 cm³/mol. The highest BCUT2D eigenvalue weighted by Gasteiger charge is 2.17. The molecular formula is C24H16O3. The van der Waals surface area contributed by atoms with E-state index in [9.17, 15) is 4.79 Å². The fourth-order valence-electron chi connectivity index (χ4n) is 3.67. The molecule has 3 heteroatoms. The van der Waals surface area contributed by atoms with E-state index in [0.717, 1.165) is 44.2 Å². The molecule has 130 valence electrons. The molecule has 2 heterocycles. The van der Waals surface area contributed by atoms with Gasteiger partial charge < -0.3 is 8.83 Å². The van der Waals surface area contributed by atoms with E-state index < -0.39 is 0 Å². The van der Waals surface area contributed by atoms with Crippen molar-refractivity contribution >= 4 is 21.9 Å². The maximum absolute atomic E-state index is 12.2. The molecule has 3 nitrogen and oxygen atoms in total. The van der Waals surface area contributed by atoms with Gasteiger partial charge in [-0.15, -0.1) is 0 Å². The maximum atomic E-state index is 12.2. The molecular weight excluding hydrogens is 336 g/mol. The summed E-state index contributed by atoms with van der Waals surface area (Å²) in [4.78, 5) is 12.2. The highest BCUT2D eigenvalue weighted by atomic mass is 16.4. The van der Waals surface area contributed by atoms with Gasteiger partial charge in [0, 0.05) is 28.0 Å². The number of fused-ring (bicyclic) bond motifs is 2. The molecule has 5 rings (SSSR count). The lowest BCUT2D eigenvalue weighted by atomic mass is 9.96. The molecule has 0 saturated carbocycles. The molecule has 0 atom stereocenters. The van der Waals surface area contributed by atoms with Gasteiger partial charge in [-0.2, -0.15) is 0 Å². The zero-order chi connectivity index (χ0) is 18.4. The molecule has 0 fully saturated rings. The molecule has 0 aliphatic carbocycles. The summed E-state index contributed by atoms with van der Waals surface area (Å²) < 4.78 is 11.4. The molecule has 27 heavy (non-hydrogen) atoms. The Hall–Kier alpha value is -3.59. The maximum Gasteiger partial charge on any atom is 0.336 e. The van der Waals surface area contributed by atoms with Crippen LogP contribution in [0.15, 0.2) is 92.7 Å². The zero-order valence-electron chi connectivity index (χ0n) is 14.7. The summed E-state index contributed by atoms with van der Waals surface area (Å²) in [5.74, 6) is 0. The van der Waals surface area contributed by atoms with Gasteiger partial charge in [0.05, 0.1) is 6.26 Å². The van der Waals surface area contributed by atoms with Crippen molar-refractivity contribution in [2.45, 2.75) is 6.92 Å². The summed E-state index contributed by atoms with van der Waals surface area (Å²) >= 11 is 0. The van der Waals surface area contributed by atoms with E-state index >= 15 is 0 Å². The van der Waals surface area contributed by atoms with Gasteiger partial charge in [0.25, 0.3) is 0 Å². The van der Waals surface area contributed by atoms with Crippen LogP contribution in [0.1, 0.15) is 5.56 Å². The molecule has 0 bridgehead atoms. The first-order valence-electron chi connectivity index (χ1n) is 8.82. The Balaban J connectivity index is 1.90. The average molecular weight is 352 g/mol. The van der Waals surface area contributed by atoms with Gasteiger partial charge in [0.15, 0.2) is 0 Å². The highest BCUT2D eigenvalue weighted by molar-refractivity contribution is 6.07. The van der Waals surface area contributed by atoms with Gasteiger partial charge in [-0.1, -0.05) is 60.7 Å². The van der Waals surface area contributed by atoms with E-state index in [-0.39, 0.29) is 5.63 Å². The van der Waals surface area contributed by atoms with E-state index in [2.05, 4.69) is 18.2 Å². The minimum Gasteiger partial charge on any atom is -0.463 e. The lowest BCUT2D eigenvalue weighted by Crippen LogP contribution is -1.99. The smallest absolute Gasteiger partial charge is 0.336 e. The van der Waals surface area contributed by atoms with Crippen LogP contribution in [0.5, 0.6) is 0 Å². The molecule has 0 unspecified atom stereocenters. The summed E-state index contributed by atoms with van der Waals surface area (Å²) in [5, 5.41) is 1.92. The molecule has 0 amide bonds. The van der Waals surface area contributed by atoms with E-state index in [4.69, 9.17) is 8.83 Å². The molecule has 3 aromatic carbocycles. The molecule has 2 aromatic heterocycles. The van der Waals surface area contributed by atoms with Crippen molar-refractivity contribution in [1.29, 1.82) is 0 Å². The molecule has 0 aliphatic heterocycles. The lowest BCUT2D eigenvalue weighted by molar-refractivity contribution is 0.557. The van der Waals surface area contributed by atoms with Crippen molar-refractivity contribution < 1.29 is 8.83 Å². The molecule has 0 aliphatic rings. The molecule has 0 saturated heterocycles. The van der Waals surface area contributed by atoms with Crippen molar-refractivity contribution in [3.05, 3.63) is 95.0 Å². The fraction of sp³-hybridized carbons (Fsp3) is 0.0417. The van der Waals surface area contributed by atoms with Gasteiger partial charge in [-0.25, -0.2) is 4.79 Å². The SMILES string of the molecule is Cc1c2occ(-c3ccccc3)c2cc2c(-c3ccccc3)cc(=O)oc12. The Morgan fingerprint density at radius 1 is 0.704 bits per heavy atom. The summed E-state index contributed by atoms with van der Waals surface area (Å²) in [6.07, 6.45) is 1.77. The van der Waals surface area contributed by atoms with Crippen LogP contribution in [0, 0.1) is 6.92 Å². The van der Waals surface area contributed by atoms with Crippen molar-refractivity contribution in [2.75, 3.05) is 0 Å². The highest BCUT2D eigenvalue weighted by Crippen LogP contribution is 2.38. The first-order valence-corrected chi connectivity index (χ1v) is 8.82. The lowest BCUT2D eigenvalue weighted by Gasteiger charge is -2.09. The Labute approximate surface area is 155 Å². The first-order chi connectivity index (χ1) is 13.2. The molecule has 0 spiro atoms. The summed E-state index contributed by atoms with van der Waals surface area (Å²) in [6, 6.07) is 23.7. The van der Waals surface area contributed by atoms with Crippen LogP contribution < -0.4 is 5.63 Å². The van der Waals surface area contributed by atoms with Crippen molar-refractivity contribution in [3.63, 3.8) is 0 Å². The summed E-state index contributed by atoms with van der Waals surface area (Å²) in [6.45, 7) is 1.93. The largest absolute Gasteiger partial charge is 0.463 e. The van der Waals surface area contributed by atoms with Crippen LogP contribution in [0.4, 0.5) is 0 Å². The first kappa shape index (κ1) is 15.6. The molecule has 5 aromatic rings. The Morgan fingerprint density at radius 2 is 1.30 bits per heavy atom. The predicted octanol–water partition coefficient (Wildman–Crippen LogP) is 6.18. The van der Waals surface area contributed by atoms with Crippen molar-refractivity contribution in [3.8, 4) is 22.3 Å². The average Bonchev–Trinajstić information content (AvgIpc) is 3.14. The normalized spacial score (nSPS) is 11.3. The quantitative estimate of drug-likeness (QED) is 0.356. The monoisotopic (exact) mass is 352 g/mol. The molecule has 0 N–H and O–H groups in total. The van der Waals surface area contributed by atoms with Crippen LogP contribution in [-0.4, -0.2) is 0 Å². The number of aryl methyl sites for hydroxylation is 1. The molecule has 0 radical (unpaired) electrons. The van der Waals surface area contributed by atoms with E-state index in [0.29, 0.717) is 5.58 Å². The standard InChI is InChI=1S/C24H16O3/c1-15-23-20(21(14-26-23)17-10-6-3-7-11-17)12-19-18(13-22(25)27-24(15)19)16-8-4-2-5-9-16/h2-14H,1H3. The summed E-state index contributed by atoms with van der Waals surface area (Å²) in [7, 11) is 0. The second kappa shape index (κ2) is 5.99. The second-order valence-electron chi connectivity index (χ2n) is 6.62. The number of hydrogen-bond acceptors (Lipinski definition) is 3. The van der Waals surface area contributed by atoms with E-state index in [1.807, 2.05) is 55.5 Å². The van der Waals surface area contributed by atoms with Crippen molar-refractivity contribution in [2.24, 2.45) is 0 Å². The van der Waals surface area contributed by atoms with Crippen LogP contribution in [0.2, 0.25) is 0 Å². The minimum atomic E-state index is -0.362. The van der Waals surface area contributed by atoms with Gasteiger partial charge in [0.1, 0.15) is 11.2 Å².